The zero-order chi connectivity index (χ0) is 8.27. The number of Topliss-reactive ketones (excluding diaryl/α,β-unsaturated/α-hetero) is 1. The molecule has 0 aromatic carbocycles. The highest BCUT2D eigenvalue weighted by Gasteiger charge is 2.28. The largest absolute Gasteiger partial charge is 0.376 e. The standard InChI is InChI=1S/C8H11NO2/c1-2-8(10)6-3-7(4-9)11-5-6/h1,6-7H,3-5,9H2/t6-,7-/m0/s1. The summed E-state index contributed by atoms with van der Waals surface area (Å²) in [6.07, 6.45) is 5.66. The van der Waals surface area contributed by atoms with Gasteiger partial charge in [-0.05, 0) is 12.3 Å². The Morgan fingerprint density at radius 3 is 3.00 bits per heavy atom. The third-order valence-corrected chi connectivity index (χ3v) is 1.86. The highest BCUT2D eigenvalue weighted by molar-refractivity contribution is 5.96. The van der Waals surface area contributed by atoms with Crippen LogP contribution in [0.3, 0.4) is 0 Å². The first-order valence-electron chi connectivity index (χ1n) is 3.60. The van der Waals surface area contributed by atoms with E-state index in [1.165, 1.54) is 0 Å². The van der Waals surface area contributed by atoms with Crippen LogP contribution in [0.15, 0.2) is 0 Å². The predicted molar refractivity (Wildman–Crippen MR) is 40.7 cm³/mol. The lowest BCUT2D eigenvalue weighted by Gasteiger charge is -2.02. The van der Waals surface area contributed by atoms with E-state index >= 15 is 0 Å². The molecule has 3 nitrogen and oxygen atoms in total. The number of hydrogen-bond donors (Lipinski definition) is 1. The molecule has 60 valence electrons. The van der Waals surface area contributed by atoms with Crippen LogP contribution in [0.5, 0.6) is 0 Å². The Balaban J connectivity index is 2.43. The second-order valence-electron chi connectivity index (χ2n) is 2.63. The first-order chi connectivity index (χ1) is 5.27. The molecule has 1 fully saturated rings. The minimum atomic E-state index is -0.166. The molecule has 0 aromatic rings. The van der Waals surface area contributed by atoms with Crippen LogP contribution in [-0.4, -0.2) is 25.0 Å². The maximum absolute atomic E-state index is 10.9. The molecule has 1 aliphatic heterocycles. The van der Waals surface area contributed by atoms with Crippen molar-refractivity contribution >= 4 is 5.78 Å². The molecule has 2 atom stereocenters. The van der Waals surface area contributed by atoms with Crippen molar-refractivity contribution in [1.29, 1.82) is 0 Å². The fourth-order valence-electron chi connectivity index (χ4n) is 1.17. The summed E-state index contributed by atoms with van der Waals surface area (Å²) in [4.78, 5) is 10.9. The molecule has 0 aromatic heterocycles. The van der Waals surface area contributed by atoms with Gasteiger partial charge in [0.05, 0.1) is 18.6 Å². The van der Waals surface area contributed by atoms with Gasteiger partial charge in [-0.3, -0.25) is 4.79 Å². The molecule has 0 aliphatic carbocycles. The van der Waals surface area contributed by atoms with Crippen LogP contribution < -0.4 is 5.73 Å². The minimum Gasteiger partial charge on any atom is -0.376 e. The Kier molecular flexibility index (Phi) is 2.64. The second kappa shape index (κ2) is 3.51. The van der Waals surface area contributed by atoms with Crippen molar-refractivity contribution in [1.82, 2.24) is 0 Å². The Bertz CT molecular complexity index is 195. The van der Waals surface area contributed by atoms with E-state index in [9.17, 15) is 4.79 Å². The fourth-order valence-corrected chi connectivity index (χ4v) is 1.17. The molecule has 0 saturated carbocycles. The summed E-state index contributed by atoms with van der Waals surface area (Å²) in [6, 6.07) is 0. The van der Waals surface area contributed by atoms with E-state index in [4.69, 9.17) is 16.9 Å². The van der Waals surface area contributed by atoms with E-state index in [0.717, 1.165) is 0 Å². The zero-order valence-corrected chi connectivity index (χ0v) is 6.25. The number of ether oxygens (including phenoxy) is 1. The maximum atomic E-state index is 10.9. The number of carbonyl (C=O) groups is 1. The summed E-state index contributed by atoms with van der Waals surface area (Å²) in [5.41, 5.74) is 5.35. The number of ketones is 1. The lowest BCUT2D eigenvalue weighted by Crippen LogP contribution is -2.19. The SMILES string of the molecule is C#CC(=O)[C@@H]1CO[C@H](CN)C1. The lowest BCUT2D eigenvalue weighted by atomic mass is 10.0. The number of rotatable bonds is 2. The average molecular weight is 153 g/mol. The van der Waals surface area contributed by atoms with Crippen LogP contribution in [0.1, 0.15) is 6.42 Å². The predicted octanol–water partition coefficient (Wildman–Crippen LogP) is -0.448. The van der Waals surface area contributed by atoms with Crippen LogP contribution in [-0.2, 0) is 9.53 Å². The molecule has 1 aliphatic rings. The van der Waals surface area contributed by atoms with Gasteiger partial charge < -0.3 is 10.5 Å². The molecule has 0 radical (unpaired) electrons. The molecule has 0 spiro atoms. The molecule has 3 heteroatoms. The summed E-state index contributed by atoms with van der Waals surface area (Å²) in [7, 11) is 0. The van der Waals surface area contributed by atoms with E-state index in [1.807, 2.05) is 0 Å². The minimum absolute atomic E-state index is 0.0253. The summed E-state index contributed by atoms with van der Waals surface area (Å²) in [6.45, 7) is 0.902. The number of carbonyl (C=O) groups excluding carboxylic acids is 1. The Labute approximate surface area is 65.9 Å². The summed E-state index contributed by atoms with van der Waals surface area (Å²) in [5.74, 6) is 1.81. The van der Waals surface area contributed by atoms with Crippen molar-refractivity contribution in [2.45, 2.75) is 12.5 Å². The first kappa shape index (κ1) is 8.25. The summed E-state index contributed by atoms with van der Waals surface area (Å²) in [5, 5.41) is 0. The van der Waals surface area contributed by atoms with Gasteiger partial charge in [0.25, 0.3) is 0 Å². The van der Waals surface area contributed by atoms with E-state index < -0.39 is 0 Å². The van der Waals surface area contributed by atoms with Crippen molar-refractivity contribution < 1.29 is 9.53 Å². The van der Waals surface area contributed by atoms with Crippen molar-refractivity contribution in [2.24, 2.45) is 11.7 Å². The highest BCUT2D eigenvalue weighted by Crippen LogP contribution is 2.18. The normalized spacial score (nSPS) is 29.8. The molecule has 1 saturated heterocycles. The van der Waals surface area contributed by atoms with Gasteiger partial charge in [-0.15, -0.1) is 6.42 Å². The van der Waals surface area contributed by atoms with Crippen molar-refractivity contribution in [2.75, 3.05) is 13.2 Å². The molecular weight excluding hydrogens is 142 g/mol. The molecule has 11 heavy (non-hydrogen) atoms. The van der Waals surface area contributed by atoms with Gasteiger partial charge in [0.1, 0.15) is 0 Å². The Morgan fingerprint density at radius 2 is 2.55 bits per heavy atom. The van der Waals surface area contributed by atoms with Gasteiger partial charge in [-0.1, -0.05) is 0 Å². The molecule has 2 N–H and O–H groups in total. The van der Waals surface area contributed by atoms with Crippen molar-refractivity contribution in [3.05, 3.63) is 0 Å². The molecule has 1 rings (SSSR count). The van der Waals surface area contributed by atoms with Crippen LogP contribution in [0.2, 0.25) is 0 Å². The van der Waals surface area contributed by atoms with E-state index in [0.29, 0.717) is 19.6 Å². The van der Waals surface area contributed by atoms with Crippen LogP contribution in [0, 0.1) is 18.3 Å². The average Bonchev–Trinajstić information content (AvgIpc) is 2.50. The Hall–Kier alpha value is -0.850. The van der Waals surface area contributed by atoms with Crippen molar-refractivity contribution in [3.63, 3.8) is 0 Å². The van der Waals surface area contributed by atoms with Gasteiger partial charge in [0.2, 0.25) is 5.78 Å². The van der Waals surface area contributed by atoms with E-state index in [-0.39, 0.29) is 17.8 Å². The summed E-state index contributed by atoms with van der Waals surface area (Å²) >= 11 is 0. The zero-order valence-electron chi connectivity index (χ0n) is 6.25. The van der Waals surface area contributed by atoms with E-state index in [1.54, 1.807) is 0 Å². The number of hydrogen-bond acceptors (Lipinski definition) is 3. The van der Waals surface area contributed by atoms with Gasteiger partial charge >= 0.3 is 0 Å². The van der Waals surface area contributed by atoms with Gasteiger partial charge in [0, 0.05) is 6.54 Å². The number of nitrogens with two attached hydrogens (primary N) is 1. The van der Waals surface area contributed by atoms with Crippen LogP contribution in [0.25, 0.3) is 0 Å². The smallest absolute Gasteiger partial charge is 0.210 e. The van der Waals surface area contributed by atoms with Crippen LogP contribution >= 0.6 is 0 Å². The van der Waals surface area contributed by atoms with Crippen LogP contribution in [0.4, 0.5) is 0 Å². The first-order valence-corrected chi connectivity index (χ1v) is 3.60. The molecule has 0 unspecified atom stereocenters. The van der Waals surface area contributed by atoms with Gasteiger partial charge in [0.15, 0.2) is 0 Å². The second-order valence-corrected chi connectivity index (χ2v) is 2.63. The highest BCUT2D eigenvalue weighted by atomic mass is 16.5. The quantitative estimate of drug-likeness (QED) is 0.432. The van der Waals surface area contributed by atoms with E-state index in [2.05, 4.69) is 5.92 Å². The van der Waals surface area contributed by atoms with Gasteiger partial charge in [-0.25, -0.2) is 0 Å². The maximum Gasteiger partial charge on any atom is 0.210 e. The molecule has 1 heterocycles. The third kappa shape index (κ3) is 1.79. The lowest BCUT2D eigenvalue weighted by molar-refractivity contribution is -0.117. The molecule has 0 bridgehead atoms. The summed E-state index contributed by atoms with van der Waals surface area (Å²) < 4.78 is 5.20. The monoisotopic (exact) mass is 153 g/mol. The fraction of sp³-hybridized carbons (Fsp3) is 0.625. The Morgan fingerprint density at radius 1 is 1.82 bits per heavy atom. The number of terminal acetylenes is 1. The third-order valence-electron chi connectivity index (χ3n) is 1.86. The van der Waals surface area contributed by atoms with Crippen molar-refractivity contribution in [3.8, 4) is 12.3 Å². The molecule has 0 amide bonds. The topological polar surface area (TPSA) is 52.3 Å². The molecular formula is C8H11NO2. The van der Waals surface area contributed by atoms with Gasteiger partial charge in [-0.2, -0.15) is 0 Å².